The fourth-order valence-corrected chi connectivity index (χ4v) is 2.23. The molecule has 112 valence electrons. The summed E-state index contributed by atoms with van der Waals surface area (Å²) in [6.07, 6.45) is 1.16. The number of nitrogens with one attached hydrogen (secondary N) is 1. The van der Waals surface area contributed by atoms with E-state index in [0.717, 1.165) is 15.3 Å². The zero-order valence-corrected chi connectivity index (χ0v) is 13.8. The van der Waals surface area contributed by atoms with Crippen molar-refractivity contribution in [2.45, 2.75) is 26.6 Å². The van der Waals surface area contributed by atoms with Gasteiger partial charge in [0.15, 0.2) is 5.57 Å². The molecule has 1 aromatic carbocycles. The van der Waals surface area contributed by atoms with Crippen molar-refractivity contribution < 1.29 is 23.5 Å². The molecule has 0 saturated carbocycles. The molecule has 0 bridgehead atoms. The van der Waals surface area contributed by atoms with Crippen LogP contribution in [-0.4, -0.2) is 17.7 Å². The smallest absolute Gasteiger partial charge is 0.350 e. The van der Waals surface area contributed by atoms with Crippen molar-refractivity contribution in [3.8, 4) is 0 Å². The standard InChI is InChI=1S/C14H13FINO4/c1-7-4-8(15)5-10(11(7)16)17-6-9-12(18)20-14(2,3)21-13(9)19/h4-6,17H,1-3H3. The molecule has 1 aliphatic rings. The van der Waals surface area contributed by atoms with Crippen LogP contribution in [0.15, 0.2) is 23.9 Å². The minimum Gasteiger partial charge on any atom is -0.419 e. The van der Waals surface area contributed by atoms with Gasteiger partial charge < -0.3 is 14.8 Å². The molecular weight excluding hydrogens is 392 g/mol. The Morgan fingerprint density at radius 1 is 1.24 bits per heavy atom. The first-order chi connectivity index (χ1) is 9.69. The second kappa shape index (κ2) is 5.63. The Hall–Kier alpha value is -1.64. The van der Waals surface area contributed by atoms with Crippen LogP contribution < -0.4 is 5.32 Å². The third-order valence-corrected chi connectivity index (χ3v) is 4.14. The Morgan fingerprint density at radius 3 is 2.38 bits per heavy atom. The molecule has 1 heterocycles. The Balaban J connectivity index is 2.26. The van der Waals surface area contributed by atoms with Crippen LogP contribution in [0, 0.1) is 16.3 Å². The third kappa shape index (κ3) is 3.52. The lowest BCUT2D eigenvalue weighted by Crippen LogP contribution is -2.42. The van der Waals surface area contributed by atoms with Crippen molar-refractivity contribution in [2.75, 3.05) is 5.32 Å². The highest BCUT2D eigenvalue weighted by molar-refractivity contribution is 14.1. The fraction of sp³-hybridized carbons (Fsp3) is 0.286. The van der Waals surface area contributed by atoms with Crippen molar-refractivity contribution in [1.82, 2.24) is 0 Å². The summed E-state index contributed by atoms with van der Waals surface area (Å²) in [4.78, 5) is 23.5. The molecule has 2 rings (SSSR count). The minimum absolute atomic E-state index is 0.271. The van der Waals surface area contributed by atoms with E-state index in [1.54, 1.807) is 6.92 Å². The number of hydrogen-bond acceptors (Lipinski definition) is 5. The first-order valence-electron chi connectivity index (χ1n) is 6.08. The van der Waals surface area contributed by atoms with Crippen LogP contribution in [0.2, 0.25) is 0 Å². The molecule has 5 nitrogen and oxygen atoms in total. The molecule has 1 saturated heterocycles. The van der Waals surface area contributed by atoms with Gasteiger partial charge in [0.05, 0.1) is 5.69 Å². The number of halogens is 2. The van der Waals surface area contributed by atoms with E-state index in [2.05, 4.69) is 5.32 Å². The van der Waals surface area contributed by atoms with Crippen molar-refractivity contribution >= 4 is 40.2 Å². The number of carbonyl (C=O) groups is 2. The van der Waals surface area contributed by atoms with Crippen molar-refractivity contribution in [2.24, 2.45) is 0 Å². The number of anilines is 1. The Labute approximate surface area is 134 Å². The topological polar surface area (TPSA) is 64.6 Å². The van der Waals surface area contributed by atoms with E-state index in [1.807, 2.05) is 22.6 Å². The quantitative estimate of drug-likeness (QED) is 0.355. The lowest BCUT2D eigenvalue weighted by molar-refractivity contribution is -0.222. The third-order valence-electron chi connectivity index (χ3n) is 2.71. The molecule has 21 heavy (non-hydrogen) atoms. The van der Waals surface area contributed by atoms with E-state index in [1.165, 1.54) is 26.0 Å². The summed E-state index contributed by atoms with van der Waals surface area (Å²) in [6.45, 7) is 4.69. The monoisotopic (exact) mass is 405 g/mol. The molecule has 7 heteroatoms. The van der Waals surface area contributed by atoms with Crippen LogP contribution >= 0.6 is 22.6 Å². The van der Waals surface area contributed by atoms with Crippen LogP contribution in [0.1, 0.15) is 19.4 Å². The molecule has 0 aromatic heterocycles. The largest absolute Gasteiger partial charge is 0.419 e. The molecule has 1 aromatic rings. The predicted octanol–water partition coefficient (Wildman–Crippen LogP) is 2.87. The van der Waals surface area contributed by atoms with Crippen molar-refractivity contribution in [1.29, 1.82) is 0 Å². The van der Waals surface area contributed by atoms with Gasteiger partial charge in [0, 0.05) is 23.6 Å². The van der Waals surface area contributed by atoms with Gasteiger partial charge in [0.25, 0.3) is 5.79 Å². The summed E-state index contributed by atoms with van der Waals surface area (Å²) in [5.41, 5.74) is 0.921. The van der Waals surface area contributed by atoms with E-state index < -0.39 is 23.5 Å². The van der Waals surface area contributed by atoms with Gasteiger partial charge in [-0.2, -0.15) is 0 Å². The minimum atomic E-state index is -1.28. The molecule has 1 aliphatic heterocycles. The van der Waals surface area contributed by atoms with Gasteiger partial charge in [-0.15, -0.1) is 0 Å². The van der Waals surface area contributed by atoms with Crippen LogP contribution in [-0.2, 0) is 19.1 Å². The number of aryl methyl sites for hydroxylation is 1. The van der Waals surface area contributed by atoms with Crippen molar-refractivity contribution in [3.05, 3.63) is 38.9 Å². The molecule has 0 radical (unpaired) electrons. The van der Waals surface area contributed by atoms with Crippen LogP contribution in [0.5, 0.6) is 0 Å². The average molecular weight is 405 g/mol. The number of esters is 2. The average Bonchev–Trinajstić information content (AvgIpc) is 2.32. The van der Waals surface area contributed by atoms with E-state index in [4.69, 9.17) is 9.47 Å². The summed E-state index contributed by atoms with van der Waals surface area (Å²) in [5, 5.41) is 2.74. The van der Waals surface area contributed by atoms with Gasteiger partial charge in [-0.25, -0.2) is 14.0 Å². The highest BCUT2D eigenvalue weighted by Gasteiger charge is 2.38. The first kappa shape index (κ1) is 15.7. The maximum Gasteiger partial charge on any atom is 0.350 e. The molecule has 0 amide bonds. The molecular formula is C14H13FINO4. The molecule has 1 N–H and O–H groups in total. The number of benzene rings is 1. The number of ether oxygens (including phenoxy) is 2. The lowest BCUT2D eigenvalue weighted by atomic mass is 10.2. The molecule has 0 aliphatic carbocycles. The molecule has 0 spiro atoms. The molecule has 1 fully saturated rings. The highest BCUT2D eigenvalue weighted by atomic mass is 127. The summed E-state index contributed by atoms with van der Waals surface area (Å²) in [6, 6.07) is 2.67. The van der Waals surface area contributed by atoms with Crippen LogP contribution in [0.4, 0.5) is 10.1 Å². The number of hydrogen-bond donors (Lipinski definition) is 1. The van der Waals surface area contributed by atoms with Gasteiger partial charge in [-0.1, -0.05) is 0 Å². The maximum absolute atomic E-state index is 13.4. The summed E-state index contributed by atoms with van der Waals surface area (Å²) in [5.74, 6) is -3.27. The van der Waals surface area contributed by atoms with Gasteiger partial charge in [-0.3, -0.25) is 0 Å². The molecule has 0 atom stereocenters. The van der Waals surface area contributed by atoms with Crippen LogP contribution in [0.3, 0.4) is 0 Å². The zero-order chi connectivity index (χ0) is 15.8. The lowest BCUT2D eigenvalue weighted by Gasteiger charge is -2.29. The maximum atomic E-state index is 13.4. The Kier molecular flexibility index (Phi) is 4.22. The first-order valence-corrected chi connectivity index (χ1v) is 7.16. The fourth-order valence-electron chi connectivity index (χ4n) is 1.76. The summed E-state index contributed by atoms with van der Waals surface area (Å²) >= 11 is 2.04. The second-order valence-corrected chi connectivity index (χ2v) is 6.04. The van der Waals surface area contributed by atoms with Crippen LogP contribution in [0.25, 0.3) is 0 Å². The number of cyclic esters (lactones) is 2. The Bertz CT molecular complexity index is 633. The summed E-state index contributed by atoms with van der Waals surface area (Å²) < 4.78 is 24.1. The normalized spacial score (nSPS) is 17.1. The van der Waals surface area contributed by atoms with Gasteiger partial charge in [-0.05, 0) is 47.2 Å². The van der Waals surface area contributed by atoms with E-state index in [-0.39, 0.29) is 5.57 Å². The van der Waals surface area contributed by atoms with Gasteiger partial charge in [0.1, 0.15) is 5.82 Å². The van der Waals surface area contributed by atoms with Gasteiger partial charge >= 0.3 is 11.9 Å². The zero-order valence-electron chi connectivity index (χ0n) is 11.6. The van der Waals surface area contributed by atoms with E-state index in [0.29, 0.717) is 5.69 Å². The predicted molar refractivity (Wildman–Crippen MR) is 81.8 cm³/mol. The highest BCUT2D eigenvalue weighted by Crippen LogP contribution is 2.25. The SMILES string of the molecule is Cc1cc(F)cc(NC=C2C(=O)OC(C)(C)OC2=O)c1I. The number of carbonyl (C=O) groups excluding carboxylic acids is 2. The van der Waals surface area contributed by atoms with E-state index >= 15 is 0 Å². The molecule has 0 unspecified atom stereocenters. The number of rotatable bonds is 2. The van der Waals surface area contributed by atoms with E-state index in [9.17, 15) is 14.0 Å². The Morgan fingerprint density at radius 2 is 1.81 bits per heavy atom. The summed E-state index contributed by atoms with van der Waals surface area (Å²) in [7, 11) is 0. The second-order valence-electron chi connectivity index (χ2n) is 4.97. The van der Waals surface area contributed by atoms with Gasteiger partial charge in [0.2, 0.25) is 0 Å². The van der Waals surface area contributed by atoms with Crippen molar-refractivity contribution in [3.63, 3.8) is 0 Å².